The molecule has 8 nitrogen and oxygen atoms in total. The average Bonchev–Trinajstić information content (AvgIpc) is 2.75. The molecule has 0 aliphatic carbocycles. The molecule has 4 rings (SSSR count). The maximum absolute atomic E-state index is 11.9. The van der Waals surface area contributed by atoms with E-state index in [0.717, 1.165) is 31.7 Å². The first kappa shape index (κ1) is 19.6. The van der Waals surface area contributed by atoms with Crippen LogP contribution in [0.3, 0.4) is 0 Å². The fourth-order valence-electron chi connectivity index (χ4n) is 3.61. The lowest BCUT2D eigenvalue weighted by Gasteiger charge is -2.31. The molecule has 1 aliphatic heterocycles. The Labute approximate surface area is 174 Å². The molecule has 1 aliphatic rings. The molecule has 1 aromatic heterocycles. The molecule has 0 radical (unpaired) electrons. The first-order valence-corrected chi connectivity index (χ1v) is 9.94. The molecule has 30 heavy (non-hydrogen) atoms. The van der Waals surface area contributed by atoms with Crippen LogP contribution in [0.4, 0.5) is 23.0 Å². The summed E-state index contributed by atoms with van der Waals surface area (Å²) in [6.07, 6.45) is 3.49. The molecule has 0 bridgehead atoms. The summed E-state index contributed by atoms with van der Waals surface area (Å²) in [7, 11) is 0. The third-order valence-electron chi connectivity index (χ3n) is 5.04. The van der Waals surface area contributed by atoms with Crippen LogP contribution in [0.15, 0.2) is 60.9 Å². The Kier molecular flexibility index (Phi) is 5.74. The van der Waals surface area contributed by atoms with Crippen molar-refractivity contribution in [2.75, 3.05) is 23.3 Å². The number of piperidine rings is 1. The normalized spacial score (nSPS) is 16.2. The van der Waals surface area contributed by atoms with Crippen molar-refractivity contribution in [3.8, 4) is 11.5 Å². The lowest BCUT2D eigenvalue weighted by Crippen LogP contribution is -2.35. The Bertz CT molecular complexity index is 1010. The molecule has 2 aromatic carbocycles. The number of benzene rings is 2. The predicted octanol–water partition coefficient (Wildman–Crippen LogP) is 5.16. The molecule has 1 saturated heterocycles. The molecular formula is C22H23N5O3. The van der Waals surface area contributed by atoms with E-state index in [9.17, 15) is 10.1 Å². The van der Waals surface area contributed by atoms with Crippen molar-refractivity contribution in [1.29, 1.82) is 0 Å². The Morgan fingerprint density at radius 2 is 1.83 bits per heavy atom. The highest BCUT2D eigenvalue weighted by Crippen LogP contribution is 2.35. The van der Waals surface area contributed by atoms with Crippen LogP contribution >= 0.6 is 0 Å². The standard InChI is InChI=1S/C22H23N5O3/c1-16-6-5-13-26(14-16)22-20(27(28)29)21(23-15-24-22)25-17-9-11-19(12-10-17)30-18-7-3-2-4-8-18/h2-4,7-12,15-16H,5-6,13-14H2,1H3,(H,23,24,25). The number of hydrogen-bond donors (Lipinski definition) is 1. The highest BCUT2D eigenvalue weighted by Gasteiger charge is 2.29. The number of ether oxygens (including phenoxy) is 1. The average molecular weight is 405 g/mol. The van der Waals surface area contributed by atoms with Gasteiger partial charge in [0.05, 0.1) is 4.92 Å². The minimum Gasteiger partial charge on any atom is -0.457 e. The Balaban J connectivity index is 1.55. The van der Waals surface area contributed by atoms with Crippen LogP contribution in [0.2, 0.25) is 0 Å². The van der Waals surface area contributed by atoms with Gasteiger partial charge in [-0.25, -0.2) is 9.97 Å². The van der Waals surface area contributed by atoms with Gasteiger partial charge in [-0.05, 0) is 55.2 Å². The van der Waals surface area contributed by atoms with E-state index in [4.69, 9.17) is 4.74 Å². The van der Waals surface area contributed by atoms with Gasteiger partial charge in [0, 0.05) is 18.8 Å². The zero-order valence-electron chi connectivity index (χ0n) is 16.7. The maximum Gasteiger partial charge on any atom is 0.353 e. The second-order valence-corrected chi connectivity index (χ2v) is 7.41. The van der Waals surface area contributed by atoms with Crippen molar-refractivity contribution in [2.45, 2.75) is 19.8 Å². The molecule has 2 heterocycles. The van der Waals surface area contributed by atoms with E-state index < -0.39 is 4.92 Å². The van der Waals surface area contributed by atoms with Gasteiger partial charge < -0.3 is 15.0 Å². The van der Waals surface area contributed by atoms with E-state index in [1.54, 1.807) is 24.3 Å². The van der Waals surface area contributed by atoms with Gasteiger partial charge in [0.25, 0.3) is 0 Å². The van der Waals surface area contributed by atoms with Crippen molar-refractivity contribution in [3.05, 3.63) is 71.0 Å². The quantitative estimate of drug-likeness (QED) is 0.447. The van der Waals surface area contributed by atoms with Crippen LogP contribution in [-0.2, 0) is 0 Å². The van der Waals surface area contributed by atoms with Crippen LogP contribution in [0.5, 0.6) is 11.5 Å². The minimum atomic E-state index is -0.413. The summed E-state index contributed by atoms with van der Waals surface area (Å²) in [6.45, 7) is 3.66. The SMILES string of the molecule is CC1CCCN(c2ncnc(Nc3ccc(Oc4ccccc4)cc3)c2[N+](=O)[O-])C1. The Hall–Kier alpha value is -3.68. The number of aromatic nitrogens is 2. The van der Waals surface area contributed by atoms with E-state index in [-0.39, 0.29) is 11.5 Å². The second-order valence-electron chi connectivity index (χ2n) is 7.41. The summed E-state index contributed by atoms with van der Waals surface area (Å²) in [4.78, 5) is 21.8. The van der Waals surface area contributed by atoms with Gasteiger partial charge in [-0.1, -0.05) is 25.1 Å². The number of para-hydroxylation sites is 1. The monoisotopic (exact) mass is 405 g/mol. The van der Waals surface area contributed by atoms with Crippen LogP contribution in [0, 0.1) is 16.0 Å². The number of nitro groups is 1. The number of hydrogen-bond acceptors (Lipinski definition) is 7. The minimum absolute atomic E-state index is 0.101. The van der Waals surface area contributed by atoms with Crippen LogP contribution < -0.4 is 15.0 Å². The van der Waals surface area contributed by atoms with E-state index in [2.05, 4.69) is 22.2 Å². The lowest BCUT2D eigenvalue weighted by molar-refractivity contribution is -0.383. The molecule has 154 valence electrons. The maximum atomic E-state index is 11.9. The second kappa shape index (κ2) is 8.77. The molecule has 0 amide bonds. The highest BCUT2D eigenvalue weighted by molar-refractivity contribution is 5.74. The van der Waals surface area contributed by atoms with Gasteiger partial charge in [-0.3, -0.25) is 10.1 Å². The molecule has 1 unspecified atom stereocenters. The largest absolute Gasteiger partial charge is 0.457 e. The molecular weight excluding hydrogens is 382 g/mol. The molecule has 1 N–H and O–H groups in total. The van der Waals surface area contributed by atoms with Crippen molar-refractivity contribution in [2.24, 2.45) is 5.92 Å². The zero-order valence-corrected chi connectivity index (χ0v) is 16.7. The first-order chi connectivity index (χ1) is 14.6. The molecule has 8 heteroatoms. The van der Waals surface area contributed by atoms with E-state index in [0.29, 0.717) is 23.2 Å². The molecule has 0 spiro atoms. The summed E-state index contributed by atoms with van der Waals surface area (Å²) in [5.74, 6) is 2.44. The third kappa shape index (κ3) is 4.48. The molecule has 1 atom stereocenters. The van der Waals surface area contributed by atoms with Crippen molar-refractivity contribution < 1.29 is 9.66 Å². The van der Waals surface area contributed by atoms with Crippen LogP contribution in [0.25, 0.3) is 0 Å². The molecule has 1 fully saturated rings. The summed E-state index contributed by atoms with van der Waals surface area (Å²) < 4.78 is 5.79. The Morgan fingerprint density at radius 3 is 2.53 bits per heavy atom. The van der Waals surface area contributed by atoms with Crippen LogP contribution in [0.1, 0.15) is 19.8 Å². The molecule has 3 aromatic rings. The van der Waals surface area contributed by atoms with Gasteiger partial charge in [0.1, 0.15) is 17.8 Å². The topological polar surface area (TPSA) is 93.4 Å². The fraction of sp³-hybridized carbons (Fsp3) is 0.273. The number of nitrogens with one attached hydrogen (secondary N) is 1. The van der Waals surface area contributed by atoms with Gasteiger partial charge >= 0.3 is 5.69 Å². The van der Waals surface area contributed by atoms with Crippen molar-refractivity contribution >= 4 is 23.0 Å². The molecule has 0 saturated carbocycles. The number of anilines is 3. The smallest absolute Gasteiger partial charge is 0.353 e. The summed E-state index contributed by atoms with van der Waals surface area (Å²) in [6, 6.07) is 16.7. The first-order valence-electron chi connectivity index (χ1n) is 9.94. The highest BCUT2D eigenvalue weighted by atomic mass is 16.6. The summed E-state index contributed by atoms with van der Waals surface area (Å²) in [5.41, 5.74) is 0.575. The fourth-order valence-corrected chi connectivity index (χ4v) is 3.61. The van der Waals surface area contributed by atoms with Gasteiger partial charge in [-0.2, -0.15) is 0 Å². The summed E-state index contributed by atoms with van der Waals surface area (Å²) in [5, 5.41) is 14.9. The van der Waals surface area contributed by atoms with Gasteiger partial charge in [0.15, 0.2) is 0 Å². The zero-order chi connectivity index (χ0) is 20.9. The van der Waals surface area contributed by atoms with Gasteiger partial charge in [0.2, 0.25) is 11.6 Å². The van der Waals surface area contributed by atoms with Crippen molar-refractivity contribution in [3.63, 3.8) is 0 Å². The third-order valence-corrected chi connectivity index (χ3v) is 5.04. The van der Waals surface area contributed by atoms with Crippen LogP contribution in [-0.4, -0.2) is 28.0 Å². The number of nitrogens with zero attached hydrogens (tertiary/aromatic N) is 4. The Morgan fingerprint density at radius 1 is 1.10 bits per heavy atom. The lowest BCUT2D eigenvalue weighted by atomic mass is 10.0. The number of rotatable bonds is 6. The predicted molar refractivity (Wildman–Crippen MR) is 116 cm³/mol. The van der Waals surface area contributed by atoms with Gasteiger partial charge in [-0.15, -0.1) is 0 Å². The van der Waals surface area contributed by atoms with E-state index >= 15 is 0 Å². The van der Waals surface area contributed by atoms with E-state index in [1.165, 1.54) is 6.33 Å². The summed E-state index contributed by atoms with van der Waals surface area (Å²) >= 11 is 0. The van der Waals surface area contributed by atoms with E-state index in [1.807, 2.05) is 35.2 Å². The van der Waals surface area contributed by atoms with Crippen molar-refractivity contribution in [1.82, 2.24) is 9.97 Å².